The van der Waals surface area contributed by atoms with E-state index >= 15 is 0 Å². The van der Waals surface area contributed by atoms with Crippen molar-refractivity contribution in [3.8, 4) is 0 Å². The lowest BCUT2D eigenvalue weighted by Gasteiger charge is -2.31. The van der Waals surface area contributed by atoms with Crippen molar-refractivity contribution in [3.05, 3.63) is 33.3 Å². The Bertz CT molecular complexity index is 443. The van der Waals surface area contributed by atoms with Gasteiger partial charge in [0.05, 0.1) is 4.92 Å². The zero-order chi connectivity index (χ0) is 13.9. The van der Waals surface area contributed by atoms with E-state index in [1.54, 1.807) is 12.1 Å². The number of hydrogen-bond acceptors (Lipinski definition) is 4. The third-order valence-electron chi connectivity index (χ3n) is 2.78. The molecule has 0 radical (unpaired) electrons. The van der Waals surface area contributed by atoms with Gasteiger partial charge in [-0.3, -0.25) is 10.1 Å². The van der Waals surface area contributed by atoms with Gasteiger partial charge in [-0.25, -0.2) is 0 Å². The monoisotopic (exact) mass is 271 g/mol. The fraction of sp³-hybridized carbons (Fsp3) is 0.500. The fourth-order valence-corrected chi connectivity index (χ4v) is 1.88. The van der Waals surface area contributed by atoms with E-state index < -0.39 is 4.92 Å². The molecular weight excluding hydrogens is 254 g/mol. The van der Waals surface area contributed by atoms with Crippen LogP contribution in [0.25, 0.3) is 0 Å². The van der Waals surface area contributed by atoms with Gasteiger partial charge in [0.1, 0.15) is 10.7 Å². The van der Waals surface area contributed by atoms with E-state index in [1.165, 1.54) is 6.07 Å². The molecule has 1 unspecified atom stereocenters. The van der Waals surface area contributed by atoms with Crippen molar-refractivity contribution in [3.63, 3.8) is 0 Å². The van der Waals surface area contributed by atoms with Crippen LogP contribution in [0.2, 0.25) is 5.02 Å². The second-order valence-electron chi connectivity index (χ2n) is 5.19. The largest absolute Gasteiger partial charge is 0.375 e. The molecule has 0 heterocycles. The zero-order valence-electron chi connectivity index (χ0n) is 10.7. The van der Waals surface area contributed by atoms with E-state index in [2.05, 4.69) is 5.32 Å². The molecule has 0 amide bonds. The predicted molar refractivity (Wildman–Crippen MR) is 74.0 cm³/mol. The Morgan fingerprint density at radius 3 is 2.56 bits per heavy atom. The molecule has 18 heavy (non-hydrogen) atoms. The molecule has 0 spiro atoms. The summed E-state index contributed by atoms with van der Waals surface area (Å²) in [6, 6.07) is 4.74. The molecule has 3 N–H and O–H groups in total. The first-order valence-electron chi connectivity index (χ1n) is 5.67. The van der Waals surface area contributed by atoms with E-state index in [1.807, 2.05) is 20.8 Å². The van der Waals surface area contributed by atoms with Crippen molar-refractivity contribution in [2.24, 2.45) is 11.1 Å². The molecule has 1 aromatic carbocycles. The van der Waals surface area contributed by atoms with Crippen molar-refractivity contribution < 1.29 is 4.92 Å². The Morgan fingerprint density at radius 1 is 1.50 bits per heavy atom. The number of benzene rings is 1. The van der Waals surface area contributed by atoms with Crippen LogP contribution < -0.4 is 11.1 Å². The molecule has 0 fully saturated rings. The summed E-state index contributed by atoms with van der Waals surface area (Å²) >= 11 is 5.85. The highest BCUT2D eigenvalue weighted by Gasteiger charge is 2.26. The Balaban J connectivity index is 3.11. The highest BCUT2D eigenvalue weighted by Crippen LogP contribution is 2.34. The minimum Gasteiger partial charge on any atom is -0.375 e. The average molecular weight is 272 g/mol. The first-order chi connectivity index (χ1) is 8.27. The number of rotatable bonds is 4. The number of para-hydroxylation sites is 1. The number of anilines is 1. The fourth-order valence-electron chi connectivity index (χ4n) is 1.63. The van der Waals surface area contributed by atoms with Gasteiger partial charge in [-0.15, -0.1) is 0 Å². The highest BCUT2D eigenvalue weighted by molar-refractivity contribution is 6.33. The number of halogens is 1. The molecule has 0 saturated heterocycles. The first-order valence-corrected chi connectivity index (χ1v) is 6.04. The lowest BCUT2D eigenvalue weighted by molar-refractivity contribution is -0.383. The van der Waals surface area contributed by atoms with Crippen LogP contribution in [0.5, 0.6) is 0 Å². The number of nitro groups is 1. The molecule has 0 saturated carbocycles. The number of nitro benzene ring substituents is 1. The van der Waals surface area contributed by atoms with E-state index in [0.717, 1.165) is 0 Å². The van der Waals surface area contributed by atoms with Crippen molar-refractivity contribution in [1.29, 1.82) is 0 Å². The third-order valence-corrected chi connectivity index (χ3v) is 3.09. The maximum atomic E-state index is 11.0. The summed E-state index contributed by atoms with van der Waals surface area (Å²) in [6.45, 7) is 6.45. The molecule has 1 atom stereocenters. The van der Waals surface area contributed by atoms with Crippen molar-refractivity contribution in [2.45, 2.75) is 26.8 Å². The van der Waals surface area contributed by atoms with Crippen LogP contribution in [0.4, 0.5) is 11.4 Å². The van der Waals surface area contributed by atoms with Gasteiger partial charge >= 0.3 is 5.69 Å². The summed E-state index contributed by atoms with van der Waals surface area (Å²) in [6.07, 6.45) is 0. The second kappa shape index (κ2) is 5.54. The smallest absolute Gasteiger partial charge is 0.310 e. The Kier molecular flexibility index (Phi) is 4.53. The summed E-state index contributed by atoms with van der Waals surface area (Å²) in [5, 5.41) is 14.2. The predicted octanol–water partition coefficient (Wildman–Crippen LogP) is 3.03. The lowest BCUT2D eigenvalue weighted by atomic mass is 9.86. The van der Waals surface area contributed by atoms with Gasteiger partial charge in [0.25, 0.3) is 0 Å². The Labute approximate surface area is 111 Å². The van der Waals surface area contributed by atoms with E-state index in [0.29, 0.717) is 12.2 Å². The third kappa shape index (κ3) is 3.34. The normalized spacial score (nSPS) is 13.2. The second-order valence-corrected chi connectivity index (χ2v) is 5.60. The topological polar surface area (TPSA) is 81.2 Å². The van der Waals surface area contributed by atoms with Gasteiger partial charge in [0.2, 0.25) is 0 Å². The molecule has 1 rings (SSSR count). The zero-order valence-corrected chi connectivity index (χ0v) is 11.5. The molecule has 5 nitrogen and oxygen atoms in total. The van der Waals surface area contributed by atoms with Gasteiger partial charge in [0, 0.05) is 12.6 Å². The van der Waals surface area contributed by atoms with Gasteiger partial charge in [-0.1, -0.05) is 38.4 Å². The van der Waals surface area contributed by atoms with E-state index in [-0.39, 0.29) is 22.2 Å². The Hall–Kier alpha value is -1.33. The van der Waals surface area contributed by atoms with Crippen LogP contribution in [0.1, 0.15) is 20.8 Å². The quantitative estimate of drug-likeness (QED) is 0.651. The SMILES string of the molecule is CC(C)(C)C(CN)Nc1cccc(Cl)c1[N+](=O)[O-]. The molecule has 0 bridgehead atoms. The Morgan fingerprint density at radius 2 is 2.11 bits per heavy atom. The van der Waals surface area contributed by atoms with Crippen LogP contribution in [-0.2, 0) is 0 Å². The number of nitrogens with one attached hydrogen (secondary N) is 1. The van der Waals surface area contributed by atoms with Crippen LogP contribution in [0.15, 0.2) is 18.2 Å². The van der Waals surface area contributed by atoms with Crippen LogP contribution in [0.3, 0.4) is 0 Å². The van der Waals surface area contributed by atoms with Crippen LogP contribution >= 0.6 is 11.6 Å². The maximum absolute atomic E-state index is 11.0. The summed E-state index contributed by atoms with van der Waals surface area (Å²) in [5.41, 5.74) is 5.89. The molecule has 0 aromatic heterocycles. The molecule has 1 aromatic rings. The molecule has 0 aliphatic heterocycles. The van der Waals surface area contributed by atoms with Gasteiger partial charge in [0.15, 0.2) is 0 Å². The van der Waals surface area contributed by atoms with Crippen molar-refractivity contribution in [2.75, 3.05) is 11.9 Å². The summed E-state index contributed by atoms with van der Waals surface area (Å²) < 4.78 is 0. The van der Waals surface area contributed by atoms with Crippen LogP contribution in [-0.4, -0.2) is 17.5 Å². The molecule has 0 aliphatic rings. The minimum absolute atomic E-state index is 0.0744. The molecule has 100 valence electrons. The number of nitrogens with two attached hydrogens (primary N) is 1. The molecular formula is C12H18ClN3O2. The van der Waals surface area contributed by atoms with Crippen molar-refractivity contribution >= 4 is 23.0 Å². The standard InChI is InChI=1S/C12H18ClN3O2/c1-12(2,3)10(7-14)15-9-6-4-5-8(13)11(9)16(17)18/h4-6,10,15H,7,14H2,1-3H3. The van der Waals surface area contributed by atoms with E-state index in [4.69, 9.17) is 17.3 Å². The lowest BCUT2D eigenvalue weighted by Crippen LogP contribution is -2.40. The minimum atomic E-state index is -0.485. The summed E-state index contributed by atoms with van der Waals surface area (Å²) in [5.74, 6) is 0. The number of hydrogen-bond donors (Lipinski definition) is 2. The van der Waals surface area contributed by atoms with Crippen LogP contribution in [0, 0.1) is 15.5 Å². The van der Waals surface area contributed by atoms with Gasteiger partial charge in [-0.2, -0.15) is 0 Å². The van der Waals surface area contributed by atoms with E-state index in [9.17, 15) is 10.1 Å². The first kappa shape index (κ1) is 14.7. The molecule has 0 aliphatic carbocycles. The summed E-state index contributed by atoms with van der Waals surface area (Å²) in [7, 11) is 0. The van der Waals surface area contributed by atoms with Crippen molar-refractivity contribution in [1.82, 2.24) is 0 Å². The highest BCUT2D eigenvalue weighted by atomic mass is 35.5. The summed E-state index contributed by atoms with van der Waals surface area (Å²) in [4.78, 5) is 10.5. The molecule has 6 heteroatoms. The van der Waals surface area contributed by atoms with Gasteiger partial charge < -0.3 is 11.1 Å². The average Bonchev–Trinajstić information content (AvgIpc) is 2.23. The number of nitrogens with zero attached hydrogens (tertiary/aromatic N) is 1. The van der Waals surface area contributed by atoms with Gasteiger partial charge in [-0.05, 0) is 17.5 Å². The maximum Gasteiger partial charge on any atom is 0.310 e.